The fourth-order valence-electron chi connectivity index (χ4n) is 5.79. The summed E-state index contributed by atoms with van der Waals surface area (Å²) in [6.45, 7) is -0.694. The zero-order valence-electron chi connectivity index (χ0n) is 25.7. The summed E-state index contributed by atoms with van der Waals surface area (Å²) < 4.78 is 42.9. The highest BCUT2D eigenvalue weighted by atomic mass is 35.5. The van der Waals surface area contributed by atoms with Crippen molar-refractivity contribution in [3.05, 3.63) is 130 Å². The second-order valence-electron chi connectivity index (χ2n) is 11.6. The summed E-state index contributed by atoms with van der Waals surface area (Å²) >= 11 is 12.5. The number of hydrogen-bond donors (Lipinski definition) is 1. The minimum atomic E-state index is -4.28. The second-order valence-corrected chi connectivity index (χ2v) is 14.3. The van der Waals surface area contributed by atoms with Crippen molar-refractivity contribution >= 4 is 50.7 Å². The van der Waals surface area contributed by atoms with Crippen molar-refractivity contribution < 1.29 is 22.4 Å². The Bertz CT molecular complexity index is 1770. The van der Waals surface area contributed by atoms with Crippen LogP contribution in [0.3, 0.4) is 0 Å². The van der Waals surface area contributed by atoms with Gasteiger partial charge in [-0.15, -0.1) is 0 Å². The van der Waals surface area contributed by atoms with E-state index in [0.29, 0.717) is 10.6 Å². The number of carbonyl (C=O) groups excluding carboxylic acids is 2. The van der Waals surface area contributed by atoms with Crippen LogP contribution in [-0.2, 0) is 32.6 Å². The lowest BCUT2D eigenvalue weighted by Crippen LogP contribution is -2.55. The van der Waals surface area contributed by atoms with Gasteiger partial charge in [-0.2, -0.15) is 0 Å². The summed E-state index contributed by atoms with van der Waals surface area (Å²) in [5.74, 6) is -1.51. The van der Waals surface area contributed by atoms with Crippen LogP contribution < -0.4 is 9.62 Å². The van der Waals surface area contributed by atoms with Crippen LogP contribution in [0.25, 0.3) is 0 Å². The van der Waals surface area contributed by atoms with Gasteiger partial charge < -0.3 is 10.2 Å². The van der Waals surface area contributed by atoms with Gasteiger partial charge in [0.1, 0.15) is 18.4 Å². The molecule has 0 aromatic heterocycles. The Balaban J connectivity index is 1.56. The molecule has 0 aliphatic heterocycles. The van der Waals surface area contributed by atoms with Crippen LogP contribution >= 0.6 is 23.2 Å². The van der Waals surface area contributed by atoms with Crippen molar-refractivity contribution in [2.45, 2.75) is 62.0 Å². The molecule has 1 unspecified atom stereocenters. The molecule has 47 heavy (non-hydrogen) atoms. The molecule has 1 saturated carbocycles. The summed E-state index contributed by atoms with van der Waals surface area (Å²) in [5, 5.41) is 3.79. The molecule has 1 N–H and O–H groups in total. The third-order valence-electron chi connectivity index (χ3n) is 8.28. The first-order valence-electron chi connectivity index (χ1n) is 15.5. The SMILES string of the molecule is O=C(NC1CCCCC1)C(Cc1ccccc1)N(Cc1ccc(Cl)c(Cl)c1)C(=O)CN(c1ccc(F)cc1)S(=O)(=O)c1ccccc1. The lowest BCUT2D eigenvalue weighted by molar-refractivity contribution is -0.140. The molecule has 0 spiro atoms. The van der Waals surface area contributed by atoms with Gasteiger partial charge in [-0.1, -0.05) is 97.1 Å². The van der Waals surface area contributed by atoms with Crippen molar-refractivity contribution in [1.29, 1.82) is 0 Å². The summed E-state index contributed by atoms with van der Waals surface area (Å²) in [7, 11) is -4.28. The Morgan fingerprint density at radius 3 is 2.09 bits per heavy atom. The van der Waals surface area contributed by atoms with Gasteiger partial charge in [0, 0.05) is 19.0 Å². The highest BCUT2D eigenvalue weighted by Crippen LogP contribution is 2.27. The molecule has 246 valence electrons. The molecule has 2 amide bonds. The monoisotopic (exact) mass is 695 g/mol. The van der Waals surface area contributed by atoms with Crippen LogP contribution in [-0.4, -0.2) is 43.8 Å². The van der Waals surface area contributed by atoms with E-state index >= 15 is 0 Å². The van der Waals surface area contributed by atoms with E-state index in [1.54, 1.807) is 36.4 Å². The largest absolute Gasteiger partial charge is 0.352 e. The molecule has 11 heteroatoms. The number of nitrogens with one attached hydrogen (secondary N) is 1. The highest BCUT2D eigenvalue weighted by Gasteiger charge is 2.35. The smallest absolute Gasteiger partial charge is 0.264 e. The van der Waals surface area contributed by atoms with E-state index < -0.39 is 34.3 Å². The maximum absolute atomic E-state index is 14.6. The Morgan fingerprint density at radius 2 is 1.45 bits per heavy atom. The van der Waals surface area contributed by atoms with E-state index in [-0.39, 0.29) is 40.5 Å². The summed E-state index contributed by atoms with van der Waals surface area (Å²) in [4.78, 5) is 30.1. The zero-order chi connectivity index (χ0) is 33.4. The van der Waals surface area contributed by atoms with Gasteiger partial charge in [-0.05, 0) is 72.5 Å². The molecule has 0 saturated heterocycles. The highest BCUT2D eigenvalue weighted by molar-refractivity contribution is 7.92. The average molecular weight is 697 g/mol. The van der Waals surface area contributed by atoms with Gasteiger partial charge in [0.2, 0.25) is 11.8 Å². The van der Waals surface area contributed by atoms with Crippen molar-refractivity contribution in [2.75, 3.05) is 10.8 Å². The standard InChI is InChI=1S/C36H36Cl2FN3O4S/c37-32-21-16-27(22-33(32)38)24-41(34(23-26-10-4-1-5-11-26)36(44)40-29-12-6-2-7-13-29)35(43)25-42(30-19-17-28(39)18-20-30)47(45,46)31-14-8-3-9-15-31/h1,3-5,8-11,14-22,29,34H,2,6-7,12-13,23-25H2,(H,40,44). The zero-order valence-corrected chi connectivity index (χ0v) is 28.0. The number of carbonyl (C=O) groups is 2. The maximum atomic E-state index is 14.6. The molecule has 0 bridgehead atoms. The first-order valence-corrected chi connectivity index (χ1v) is 17.7. The molecule has 0 radical (unpaired) electrons. The molecule has 0 heterocycles. The Kier molecular flexibility index (Phi) is 11.6. The third-order valence-corrected chi connectivity index (χ3v) is 10.8. The Morgan fingerprint density at radius 1 is 0.809 bits per heavy atom. The van der Waals surface area contributed by atoms with E-state index in [9.17, 15) is 22.4 Å². The predicted molar refractivity (Wildman–Crippen MR) is 183 cm³/mol. The normalized spacial score (nSPS) is 14.3. The maximum Gasteiger partial charge on any atom is 0.264 e. The minimum Gasteiger partial charge on any atom is -0.352 e. The number of nitrogens with zero attached hydrogens (tertiary/aromatic N) is 2. The topological polar surface area (TPSA) is 86.8 Å². The molecule has 1 aliphatic rings. The predicted octanol–water partition coefficient (Wildman–Crippen LogP) is 7.42. The van der Waals surface area contributed by atoms with E-state index in [1.807, 2.05) is 30.3 Å². The summed E-state index contributed by atoms with van der Waals surface area (Å²) in [6.07, 6.45) is 5.00. The van der Waals surface area contributed by atoms with Crippen molar-refractivity contribution in [3.8, 4) is 0 Å². The number of rotatable bonds is 12. The van der Waals surface area contributed by atoms with Crippen LogP contribution in [0, 0.1) is 5.82 Å². The molecule has 7 nitrogen and oxygen atoms in total. The van der Waals surface area contributed by atoms with Crippen molar-refractivity contribution in [3.63, 3.8) is 0 Å². The van der Waals surface area contributed by atoms with Gasteiger partial charge >= 0.3 is 0 Å². The molecule has 1 atom stereocenters. The van der Waals surface area contributed by atoms with Gasteiger partial charge in [-0.3, -0.25) is 13.9 Å². The number of anilines is 1. The summed E-state index contributed by atoms with van der Waals surface area (Å²) in [6, 6.07) is 25.9. The number of halogens is 3. The third kappa shape index (κ3) is 8.91. The molecular formula is C36H36Cl2FN3O4S. The van der Waals surface area contributed by atoms with Crippen LogP contribution in [0.5, 0.6) is 0 Å². The Labute approximate surface area is 285 Å². The van der Waals surface area contributed by atoms with Crippen LogP contribution in [0.1, 0.15) is 43.2 Å². The van der Waals surface area contributed by atoms with E-state index in [4.69, 9.17) is 23.2 Å². The van der Waals surface area contributed by atoms with Gasteiger partial charge in [0.05, 0.1) is 20.6 Å². The number of amides is 2. The molecule has 4 aromatic carbocycles. The van der Waals surface area contributed by atoms with Crippen LogP contribution in [0.15, 0.2) is 108 Å². The average Bonchev–Trinajstić information content (AvgIpc) is 3.08. The fourth-order valence-corrected chi connectivity index (χ4v) is 7.54. The van der Waals surface area contributed by atoms with Crippen molar-refractivity contribution in [2.24, 2.45) is 0 Å². The van der Waals surface area contributed by atoms with Gasteiger partial charge in [-0.25, -0.2) is 12.8 Å². The number of sulfonamides is 1. The van der Waals surface area contributed by atoms with Crippen LogP contribution in [0.2, 0.25) is 10.0 Å². The minimum absolute atomic E-state index is 0.0226. The van der Waals surface area contributed by atoms with Crippen molar-refractivity contribution in [1.82, 2.24) is 10.2 Å². The quantitative estimate of drug-likeness (QED) is 0.167. The van der Waals surface area contributed by atoms with Crippen LogP contribution in [0.4, 0.5) is 10.1 Å². The molecule has 1 fully saturated rings. The van der Waals surface area contributed by atoms with Gasteiger partial charge in [0.15, 0.2) is 0 Å². The van der Waals surface area contributed by atoms with E-state index in [2.05, 4.69) is 5.32 Å². The lowest BCUT2D eigenvalue weighted by atomic mass is 9.94. The lowest BCUT2D eigenvalue weighted by Gasteiger charge is -2.35. The second kappa shape index (κ2) is 15.8. The number of hydrogen-bond acceptors (Lipinski definition) is 4. The molecule has 5 rings (SSSR count). The van der Waals surface area contributed by atoms with E-state index in [1.165, 1.54) is 29.2 Å². The Hall–Kier alpha value is -3.92. The molecule has 1 aliphatic carbocycles. The first-order chi connectivity index (χ1) is 22.6. The van der Waals surface area contributed by atoms with Gasteiger partial charge in [0.25, 0.3) is 10.0 Å². The number of benzene rings is 4. The molecular weight excluding hydrogens is 660 g/mol. The molecule has 4 aromatic rings. The van der Waals surface area contributed by atoms with E-state index in [0.717, 1.165) is 54.1 Å². The summed E-state index contributed by atoms with van der Waals surface area (Å²) in [5.41, 5.74) is 1.54. The fraction of sp³-hybridized carbons (Fsp3) is 0.278. The first kappa shape index (κ1) is 34.4.